The van der Waals surface area contributed by atoms with Crippen LogP contribution in [-0.4, -0.2) is 35.8 Å². The van der Waals surface area contributed by atoms with Crippen molar-refractivity contribution in [3.63, 3.8) is 0 Å². The summed E-state index contributed by atoms with van der Waals surface area (Å²) in [6.07, 6.45) is 11.9. The number of carbonyl (C=O) groups is 1. The lowest BCUT2D eigenvalue weighted by Crippen LogP contribution is -2.54. The van der Waals surface area contributed by atoms with Crippen molar-refractivity contribution < 1.29 is 22.9 Å². The van der Waals surface area contributed by atoms with Crippen LogP contribution >= 0.6 is 0 Å². The maximum atomic E-state index is 13.0. The average molecular weight is 560 g/mol. The Bertz CT molecular complexity index is 1120. The van der Waals surface area contributed by atoms with E-state index in [-0.39, 0.29) is 12.0 Å². The zero-order valence-corrected chi connectivity index (χ0v) is 24.8. The summed E-state index contributed by atoms with van der Waals surface area (Å²) in [6.45, 7) is 7.39. The second-order valence-corrected chi connectivity index (χ2v) is 15.6. The summed E-state index contributed by atoms with van der Waals surface area (Å²) in [7, 11) is -4.23. The van der Waals surface area contributed by atoms with Crippen LogP contribution in [0.4, 0.5) is 0 Å². The molecule has 0 aliphatic heterocycles. The van der Waals surface area contributed by atoms with Crippen LogP contribution in [0.15, 0.2) is 30.3 Å². The molecule has 39 heavy (non-hydrogen) atoms. The van der Waals surface area contributed by atoms with E-state index in [0.717, 1.165) is 37.0 Å². The Balaban J connectivity index is 1.20. The predicted molar refractivity (Wildman–Crippen MR) is 153 cm³/mol. The standard InChI is InChI=1S/C32H49NO5S/c1-21(9-14-30(35)33-29(20-39(36,37)38)22-7-5-4-6-8-22)26-12-13-27-25-11-10-23-19-24(34)15-17-31(23,2)28(25)16-18-32(26,27)3/h4-8,21,23-29,34H,9-20H2,1-3H3,(H,33,35)(H,36,37,38)/t21-,23-,24-,25+,26-,27+,28+,29+,31+,32-/m1/s1. The first-order chi connectivity index (χ1) is 18.4. The molecule has 0 aromatic heterocycles. The van der Waals surface area contributed by atoms with Crippen LogP contribution in [0.2, 0.25) is 0 Å². The Hall–Kier alpha value is -1.44. The molecule has 218 valence electrons. The van der Waals surface area contributed by atoms with E-state index in [1.807, 2.05) is 6.07 Å². The lowest BCUT2D eigenvalue weighted by Gasteiger charge is -2.61. The third-order valence-electron chi connectivity index (χ3n) is 12.1. The summed E-state index contributed by atoms with van der Waals surface area (Å²) in [6, 6.07) is 8.24. The van der Waals surface area contributed by atoms with Gasteiger partial charge in [-0.15, -0.1) is 0 Å². The first-order valence-electron chi connectivity index (χ1n) is 15.4. The average Bonchev–Trinajstić information content (AvgIpc) is 3.24. The molecule has 10 atom stereocenters. The molecule has 1 aromatic carbocycles. The van der Waals surface area contributed by atoms with Gasteiger partial charge in [0, 0.05) is 6.42 Å². The maximum absolute atomic E-state index is 13.0. The van der Waals surface area contributed by atoms with Crippen LogP contribution < -0.4 is 5.32 Å². The zero-order valence-electron chi connectivity index (χ0n) is 24.0. The number of fused-ring (bicyclic) bond motifs is 5. The van der Waals surface area contributed by atoms with Gasteiger partial charge in [0.25, 0.3) is 10.1 Å². The Kier molecular flexibility index (Phi) is 8.27. The molecule has 5 rings (SSSR count). The smallest absolute Gasteiger partial charge is 0.267 e. The highest BCUT2D eigenvalue weighted by Crippen LogP contribution is 2.68. The van der Waals surface area contributed by atoms with Gasteiger partial charge in [-0.2, -0.15) is 8.42 Å². The normalized spacial score (nSPS) is 39.6. The van der Waals surface area contributed by atoms with Gasteiger partial charge in [-0.25, -0.2) is 0 Å². The SMILES string of the molecule is C[C@H](CCC(=O)N[C@@H](CS(=O)(=O)O)c1ccccc1)[C@H]1CC[C@H]2[C@@H]3CC[C@@H]4C[C@H](O)CC[C@]4(C)[C@H]3CC[C@]12C. The lowest BCUT2D eigenvalue weighted by molar-refractivity contribution is -0.130. The third kappa shape index (κ3) is 5.83. The summed E-state index contributed by atoms with van der Waals surface area (Å²) in [5.74, 6) is 3.39. The topological polar surface area (TPSA) is 104 Å². The summed E-state index contributed by atoms with van der Waals surface area (Å²) in [5.41, 5.74) is 1.39. The number of carbonyl (C=O) groups excluding carboxylic acids is 1. The first kappa shape index (κ1) is 29.1. The molecule has 0 saturated heterocycles. The van der Waals surface area contributed by atoms with E-state index in [1.165, 1.54) is 44.9 Å². The molecule has 3 N–H and O–H groups in total. The molecule has 7 heteroatoms. The monoisotopic (exact) mass is 559 g/mol. The Morgan fingerprint density at radius 3 is 2.41 bits per heavy atom. The molecule has 1 aromatic rings. The fraction of sp³-hybridized carbons (Fsp3) is 0.781. The molecule has 4 fully saturated rings. The second-order valence-electron chi connectivity index (χ2n) is 14.1. The van der Waals surface area contributed by atoms with Crippen LogP contribution in [0.25, 0.3) is 0 Å². The van der Waals surface area contributed by atoms with Crippen molar-refractivity contribution in [3.8, 4) is 0 Å². The fourth-order valence-electron chi connectivity index (χ4n) is 10.2. The van der Waals surface area contributed by atoms with E-state index in [0.29, 0.717) is 40.6 Å². The summed E-state index contributed by atoms with van der Waals surface area (Å²) in [5, 5.41) is 13.2. The van der Waals surface area contributed by atoms with Crippen molar-refractivity contribution in [2.75, 3.05) is 5.75 Å². The van der Waals surface area contributed by atoms with Crippen LogP contribution in [0.3, 0.4) is 0 Å². The highest BCUT2D eigenvalue weighted by atomic mass is 32.2. The van der Waals surface area contributed by atoms with Gasteiger partial charge in [-0.3, -0.25) is 9.35 Å². The first-order valence-corrected chi connectivity index (χ1v) is 17.0. The van der Waals surface area contributed by atoms with E-state index < -0.39 is 21.9 Å². The number of hydrogen-bond acceptors (Lipinski definition) is 4. The van der Waals surface area contributed by atoms with E-state index in [9.17, 15) is 22.9 Å². The number of nitrogens with one attached hydrogen (secondary N) is 1. The van der Waals surface area contributed by atoms with Gasteiger partial charge < -0.3 is 10.4 Å². The molecular weight excluding hydrogens is 510 g/mol. The Morgan fingerprint density at radius 1 is 1.00 bits per heavy atom. The summed E-state index contributed by atoms with van der Waals surface area (Å²) in [4.78, 5) is 13.0. The molecule has 0 heterocycles. The minimum Gasteiger partial charge on any atom is -0.393 e. The van der Waals surface area contributed by atoms with E-state index >= 15 is 0 Å². The molecule has 0 spiro atoms. The van der Waals surface area contributed by atoms with E-state index in [1.54, 1.807) is 24.3 Å². The zero-order chi connectivity index (χ0) is 28.0. The van der Waals surface area contributed by atoms with Crippen molar-refractivity contribution in [2.45, 2.75) is 104 Å². The molecule has 0 unspecified atom stereocenters. The number of hydrogen-bond donors (Lipinski definition) is 3. The number of benzene rings is 1. The Labute approximate surface area is 235 Å². The van der Waals surface area contributed by atoms with Crippen molar-refractivity contribution in [3.05, 3.63) is 35.9 Å². The molecule has 0 radical (unpaired) electrons. The molecule has 1 amide bonds. The number of amides is 1. The van der Waals surface area contributed by atoms with E-state index in [4.69, 9.17) is 0 Å². The van der Waals surface area contributed by atoms with Gasteiger partial charge >= 0.3 is 0 Å². The van der Waals surface area contributed by atoms with E-state index in [2.05, 4.69) is 26.1 Å². The lowest BCUT2D eigenvalue weighted by atomic mass is 9.44. The van der Waals surface area contributed by atoms with Crippen LogP contribution in [0.1, 0.15) is 103 Å². The molecule has 6 nitrogen and oxygen atoms in total. The van der Waals surface area contributed by atoms with Crippen LogP contribution in [0.5, 0.6) is 0 Å². The van der Waals surface area contributed by atoms with Crippen molar-refractivity contribution >= 4 is 16.0 Å². The molecule has 4 aliphatic carbocycles. The van der Waals surface area contributed by atoms with Gasteiger partial charge in [0.1, 0.15) is 0 Å². The van der Waals surface area contributed by atoms with Gasteiger partial charge in [0.2, 0.25) is 5.91 Å². The quantitative estimate of drug-likeness (QED) is 0.331. The molecule has 4 aliphatic rings. The summed E-state index contributed by atoms with van der Waals surface area (Å²) < 4.78 is 32.7. The van der Waals surface area contributed by atoms with Gasteiger partial charge in [0.05, 0.1) is 17.9 Å². The number of aliphatic hydroxyl groups is 1. The number of aliphatic hydroxyl groups excluding tert-OH is 1. The van der Waals surface area contributed by atoms with Crippen molar-refractivity contribution in [1.82, 2.24) is 5.32 Å². The molecule has 0 bridgehead atoms. The van der Waals surface area contributed by atoms with Gasteiger partial charge in [0.15, 0.2) is 0 Å². The van der Waals surface area contributed by atoms with Gasteiger partial charge in [-0.1, -0.05) is 51.1 Å². The second kappa shape index (κ2) is 11.1. The largest absolute Gasteiger partial charge is 0.393 e. The van der Waals surface area contributed by atoms with Crippen molar-refractivity contribution in [2.24, 2.45) is 46.3 Å². The van der Waals surface area contributed by atoms with Crippen LogP contribution in [-0.2, 0) is 14.9 Å². The highest BCUT2D eigenvalue weighted by Gasteiger charge is 2.60. The number of rotatable bonds is 8. The maximum Gasteiger partial charge on any atom is 0.267 e. The third-order valence-corrected chi connectivity index (χ3v) is 12.9. The van der Waals surface area contributed by atoms with Crippen LogP contribution in [0, 0.1) is 46.3 Å². The van der Waals surface area contributed by atoms with Crippen molar-refractivity contribution in [1.29, 1.82) is 0 Å². The highest BCUT2D eigenvalue weighted by molar-refractivity contribution is 7.85. The minimum atomic E-state index is -4.23. The summed E-state index contributed by atoms with van der Waals surface area (Å²) >= 11 is 0. The minimum absolute atomic E-state index is 0.0987. The predicted octanol–water partition coefficient (Wildman–Crippen LogP) is 6.17. The Morgan fingerprint density at radius 2 is 1.69 bits per heavy atom. The van der Waals surface area contributed by atoms with Gasteiger partial charge in [-0.05, 0) is 116 Å². The molecule has 4 saturated carbocycles. The molecular formula is C32H49NO5S. The fourth-order valence-corrected chi connectivity index (χ4v) is 10.9.